The van der Waals surface area contributed by atoms with Crippen molar-refractivity contribution < 1.29 is 8.78 Å². The van der Waals surface area contributed by atoms with Gasteiger partial charge in [0, 0.05) is 68.2 Å². The maximum atomic E-state index is 13.0. The number of rotatable bonds is 6. The Morgan fingerprint density at radius 1 is 1.16 bits per heavy atom. The summed E-state index contributed by atoms with van der Waals surface area (Å²) in [7, 11) is 0. The van der Waals surface area contributed by atoms with Gasteiger partial charge in [-0.1, -0.05) is 0 Å². The molecule has 0 atom stereocenters. The summed E-state index contributed by atoms with van der Waals surface area (Å²) < 4.78 is 27.3. The number of aromatic amines is 1. The van der Waals surface area contributed by atoms with E-state index < -0.39 is 11.8 Å². The minimum Gasteiger partial charge on any atom is -0.354 e. The lowest BCUT2D eigenvalue weighted by molar-refractivity contribution is 0.407. The number of pyridine rings is 2. The van der Waals surface area contributed by atoms with Crippen LogP contribution in [0.2, 0.25) is 0 Å². The first-order valence-corrected chi connectivity index (χ1v) is 10.3. The summed E-state index contributed by atoms with van der Waals surface area (Å²) in [5, 5.41) is 9.50. The highest BCUT2D eigenvalue weighted by Gasteiger charge is 2.18. The third-order valence-corrected chi connectivity index (χ3v) is 5.41. The molecule has 32 heavy (non-hydrogen) atoms. The molecule has 1 saturated heterocycles. The van der Waals surface area contributed by atoms with Gasteiger partial charge in [-0.15, -0.1) is 0 Å². The van der Waals surface area contributed by atoms with Crippen molar-refractivity contribution in [3.8, 4) is 16.9 Å². The first-order chi connectivity index (χ1) is 15.5. The molecule has 0 aromatic carbocycles. The third-order valence-electron chi connectivity index (χ3n) is 5.41. The fourth-order valence-corrected chi connectivity index (χ4v) is 3.67. The average molecular weight is 442 g/mol. The number of aromatic nitrogens is 5. The predicted molar refractivity (Wildman–Crippen MR) is 117 cm³/mol. The number of hydrogen-bond donors (Lipinski definition) is 3. The summed E-state index contributed by atoms with van der Waals surface area (Å²) in [6.07, 6.45) is 1.30. The molecular formula is C21H24F2N8O. The lowest BCUT2D eigenvalue weighted by Crippen LogP contribution is -2.43. The smallest absolute Gasteiger partial charge is 0.349 e. The molecule has 0 bridgehead atoms. The molecule has 11 heteroatoms. The fraction of sp³-hybridized carbons (Fsp3) is 0.333. The topological polar surface area (TPSA) is 118 Å². The van der Waals surface area contributed by atoms with Crippen molar-refractivity contribution in [3.05, 3.63) is 64.1 Å². The molecule has 3 aromatic heterocycles. The predicted octanol–water partition coefficient (Wildman–Crippen LogP) is 1.39. The van der Waals surface area contributed by atoms with Gasteiger partial charge in [-0.2, -0.15) is 13.9 Å². The van der Waals surface area contributed by atoms with E-state index in [-0.39, 0.29) is 24.4 Å². The van der Waals surface area contributed by atoms with Gasteiger partial charge in [-0.25, -0.2) is 24.4 Å². The summed E-state index contributed by atoms with van der Waals surface area (Å²) in [5.41, 5.74) is 6.98. The number of H-pyrrole nitrogens is 1. The van der Waals surface area contributed by atoms with Crippen LogP contribution in [-0.4, -0.2) is 57.5 Å². The van der Waals surface area contributed by atoms with Crippen molar-refractivity contribution >= 4 is 5.82 Å². The van der Waals surface area contributed by atoms with E-state index in [0.29, 0.717) is 11.4 Å². The van der Waals surface area contributed by atoms with Crippen LogP contribution in [0.25, 0.3) is 16.9 Å². The van der Waals surface area contributed by atoms with Crippen LogP contribution in [0.15, 0.2) is 47.0 Å². The van der Waals surface area contributed by atoms with Crippen LogP contribution in [0.3, 0.4) is 0 Å². The summed E-state index contributed by atoms with van der Waals surface area (Å²) >= 11 is 0. The van der Waals surface area contributed by atoms with Crippen LogP contribution in [-0.2, 0) is 6.42 Å². The molecule has 0 amide bonds. The number of nitrogens with one attached hydrogen (secondary N) is 2. The quantitative estimate of drug-likeness (QED) is 0.528. The zero-order chi connectivity index (χ0) is 22.7. The maximum Gasteiger partial charge on any atom is 0.349 e. The highest BCUT2D eigenvalue weighted by atomic mass is 19.3. The van der Waals surface area contributed by atoms with Crippen LogP contribution in [0.5, 0.6) is 0 Å². The lowest BCUT2D eigenvalue weighted by atomic mass is 10.1. The van der Waals surface area contributed by atoms with E-state index in [0.717, 1.165) is 43.1 Å². The van der Waals surface area contributed by atoms with Gasteiger partial charge in [-0.05, 0) is 30.7 Å². The molecule has 168 valence electrons. The minimum atomic E-state index is -1.87. The van der Waals surface area contributed by atoms with Crippen molar-refractivity contribution in [2.24, 2.45) is 5.73 Å². The molecule has 4 N–H and O–H groups in total. The summed E-state index contributed by atoms with van der Waals surface area (Å²) in [6.45, 7) is 5.17. The Morgan fingerprint density at radius 2 is 1.91 bits per heavy atom. The van der Waals surface area contributed by atoms with Crippen LogP contribution in [0, 0.1) is 6.92 Å². The molecule has 3 aromatic rings. The van der Waals surface area contributed by atoms with E-state index in [2.05, 4.69) is 30.4 Å². The second-order valence-electron chi connectivity index (χ2n) is 7.53. The molecule has 1 aliphatic heterocycles. The maximum absolute atomic E-state index is 13.0. The monoisotopic (exact) mass is 442 g/mol. The Kier molecular flexibility index (Phi) is 6.37. The zero-order valence-electron chi connectivity index (χ0n) is 17.6. The van der Waals surface area contributed by atoms with Gasteiger partial charge in [0.1, 0.15) is 17.5 Å². The van der Waals surface area contributed by atoms with E-state index >= 15 is 0 Å². The van der Waals surface area contributed by atoms with Gasteiger partial charge in [0.25, 0.3) is 6.08 Å². The van der Waals surface area contributed by atoms with Crippen molar-refractivity contribution in [3.63, 3.8) is 0 Å². The van der Waals surface area contributed by atoms with Gasteiger partial charge in [0.2, 0.25) is 0 Å². The van der Waals surface area contributed by atoms with Crippen molar-refractivity contribution in [2.75, 3.05) is 37.6 Å². The normalized spacial score (nSPS) is 13.9. The highest BCUT2D eigenvalue weighted by Crippen LogP contribution is 2.24. The SMILES string of the molecule is Cc1cc(-c2ccc(N3CCNCC3)nc2)cnc1-n1c(CC(CN)=C(F)F)n[nH]c1=O. The molecule has 0 aliphatic carbocycles. The summed E-state index contributed by atoms with van der Waals surface area (Å²) in [6, 6.07) is 5.84. The fourth-order valence-electron chi connectivity index (χ4n) is 3.67. The largest absolute Gasteiger partial charge is 0.354 e. The Bertz CT molecular complexity index is 1180. The molecule has 9 nitrogen and oxygen atoms in total. The Morgan fingerprint density at radius 3 is 2.53 bits per heavy atom. The zero-order valence-corrected chi connectivity index (χ0v) is 17.6. The van der Waals surface area contributed by atoms with Crippen LogP contribution in [0.4, 0.5) is 14.6 Å². The van der Waals surface area contributed by atoms with Crippen molar-refractivity contribution in [2.45, 2.75) is 13.3 Å². The van der Waals surface area contributed by atoms with E-state index in [1.165, 1.54) is 4.57 Å². The molecule has 4 heterocycles. The van der Waals surface area contributed by atoms with E-state index in [4.69, 9.17) is 5.73 Å². The first kappa shape index (κ1) is 21.8. The van der Waals surface area contributed by atoms with Crippen LogP contribution < -0.4 is 21.6 Å². The highest BCUT2D eigenvalue weighted by molar-refractivity contribution is 5.65. The Labute approximate surface area is 183 Å². The third kappa shape index (κ3) is 4.43. The van der Waals surface area contributed by atoms with Crippen LogP contribution in [0.1, 0.15) is 11.4 Å². The molecular weight excluding hydrogens is 418 g/mol. The molecule has 0 spiro atoms. The Hall–Kier alpha value is -3.44. The number of nitrogens with zero attached hydrogens (tertiary/aromatic N) is 5. The molecule has 0 unspecified atom stereocenters. The molecule has 1 aliphatic rings. The van der Waals surface area contributed by atoms with E-state index in [1.807, 2.05) is 18.2 Å². The standard InChI is InChI=1S/C21H24F2N8O/c1-13-8-16(14-2-3-17(26-11-14)30-6-4-25-5-7-30)12-27-20(13)31-18(28-29-21(31)32)9-15(10-24)19(22)23/h2-3,8,11-12,25H,4-7,9-10,24H2,1H3,(H,29,32). The van der Waals surface area contributed by atoms with Crippen molar-refractivity contribution in [1.82, 2.24) is 30.0 Å². The van der Waals surface area contributed by atoms with Gasteiger partial charge in [-0.3, -0.25) is 0 Å². The average Bonchev–Trinajstić information content (AvgIpc) is 3.17. The summed E-state index contributed by atoms with van der Waals surface area (Å²) in [4.78, 5) is 23.6. The van der Waals surface area contributed by atoms with Crippen molar-refractivity contribution in [1.29, 1.82) is 0 Å². The van der Waals surface area contributed by atoms with E-state index in [9.17, 15) is 13.6 Å². The minimum absolute atomic E-state index is 0.119. The van der Waals surface area contributed by atoms with Crippen LogP contribution >= 0.6 is 0 Å². The molecule has 4 rings (SSSR count). The number of aryl methyl sites for hydroxylation is 1. The number of hydrogen-bond acceptors (Lipinski definition) is 7. The molecule has 1 fully saturated rings. The van der Waals surface area contributed by atoms with Gasteiger partial charge < -0.3 is 16.0 Å². The van der Waals surface area contributed by atoms with Gasteiger partial charge >= 0.3 is 5.69 Å². The lowest BCUT2D eigenvalue weighted by Gasteiger charge is -2.28. The summed E-state index contributed by atoms with van der Waals surface area (Å²) in [5.74, 6) is 1.37. The second-order valence-corrected chi connectivity index (χ2v) is 7.53. The molecule has 0 radical (unpaired) electrons. The van der Waals surface area contributed by atoms with Gasteiger partial charge in [0.05, 0.1) is 0 Å². The number of piperazine rings is 1. The Balaban J connectivity index is 1.61. The first-order valence-electron chi connectivity index (χ1n) is 10.3. The van der Waals surface area contributed by atoms with Gasteiger partial charge in [0.15, 0.2) is 0 Å². The molecule has 0 saturated carbocycles. The number of anilines is 1. The second kappa shape index (κ2) is 9.37. The van der Waals surface area contributed by atoms with E-state index in [1.54, 1.807) is 19.3 Å². The number of halogens is 2. The number of nitrogens with two attached hydrogens (primary N) is 1.